The number of unbranched alkanes of at least 4 members (excludes halogenated alkanes) is 1. The standard InChI is InChI=1S/C16H23NO3/c1-3-4-9-17(13-6-7-13)11-12-5-8-14(16(18)19)15(10-12)20-2/h5,8,10,13H,3-4,6-7,9,11H2,1-2H3,(H,18,19). The fraction of sp³-hybridized carbons (Fsp3) is 0.562. The minimum absolute atomic E-state index is 0.225. The minimum Gasteiger partial charge on any atom is -0.496 e. The Morgan fingerprint density at radius 2 is 2.20 bits per heavy atom. The van der Waals surface area contributed by atoms with E-state index in [1.165, 1.54) is 32.8 Å². The number of hydrogen-bond acceptors (Lipinski definition) is 3. The summed E-state index contributed by atoms with van der Waals surface area (Å²) in [6.45, 7) is 4.20. The Kier molecular flexibility index (Phi) is 5.01. The first-order valence-electron chi connectivity index (χ1n) is 7.30. The lowest BCUT2D eigenvalue weighted by molar-refractivity contribution is 0.0693. The number of hydrogen-bond donors (Lipinski definition) is 1. The summed E-state index contributed by atoms with van der Waals surface area (Å²) >= 11 is 0. The highest BCUT2D eigenvalue weighted by molar-refractivity contribution is 5.90. The number of ether oxygens (including phenoxy) is 1. The van der Waals surface area contributed by atoms with Crippen molar-refractivity contribution in [3.63, 3.8) is 0 Å². The Morgan fingerprint density at radius 3 is 2.75 bits per heavy atom. The lowest BCUT2D eigenvalue weighted by atomic mass is 10.1. The van der Waals surface area contributed by atoms with Crippen LogP contribution in [-0.2, 0) is 6.54 Å². The van der Waals surface area contributed by atoms with Gasteiger partial charge in [-0.1, -0.05) is 19.4 Å². The van der Waals surface area contributed by atoms with Crippen molar-refractivity contribution in [3.8, 4) is 5.75 Å². The molecule has 1 aliphatic rings. The van der Waals surface area contributed by atoms with E-state index in [0.717, 1.165) is 18.7 Å². The highest BCUT2D eigenvalue weighted by Crippen LogP contribution is 2.29. The van der Waals surface area contributed by atoms with Crippen molar-refractivity contribution < 1.29 is 14.6 Å². The van der Waals surface area contributed by atoms with Crippen LogP contribution in [0.2, 0.25) is 0 Å². The third-order valence-electron chi connectivity index (χ3n) is 3.74. The molecule has 1 aliphatic carbocycles. The van der Waals surface area contributed by atoms with Crippen molar-refractivity contribution in [2.24, 2.45) is 0 Å². The zero-order valence-corrected chi connectivity index (χ0v) is 12.3. The molecule has 4 heteroatoms. The van der Waals surface area contributed by atoms with E-state index in [1.54, 1.807) is 6.07 Å². The number of carboxylic acids is 1. The van der Waals surface area contributed by atoms with E-state index in [-0.39, 0.29) is 5.56 Å². The van der Waals surface area contributed by atoms with Gasteiger partial charge in [-0.05, 0) is 43.5 Å². The van der Waals surface area contributed by atoms with Crippen molar-refractivity contribution in [3.05, 3.63) is 29.3 Å². The normalized spacial score (nSPS) is 14.6. The number of aromatic carboxylic acids is 1. The molecule has 20 heavy (non-hydrogen) atoms. The van der Waals surface area contributed by atoms with Gasteiger partial charge >= 0.3 is 5.97 Å². The highest BCUT2D eigenvalue weighted by atomic mass is 16.5. The zero-order chi connectivity index (χ0) is 14.5. The van der Waals surface area contributed by atoms with E-state index < -0.39 is 5.97 Å². The average molecular weight is 277 g/mol. The second-order valence-corrected chi connectivity index (χ2v) is 5.39. The van der Waals surface area contributed by atoms with Gasteiger partial charge in [0.1, 0.15) is 11.3 Å². The second-order valence-electron chi connectivity index (χ2n) is 5.39. The van der Waals surface area contributed by atoms with Gasteiger partial charge in [-0.2, -0.15) is 0 Å². The highest BCUT2D eigenvalue weighted by Gasteiger charge is 2.28. The van der Waals surface area contributed by atoms with E-state index in [2.05, 4.69) is 11.8 Å². The molecule has 0 bridgehead atoms. The topological polar surface area (TPSA) is 49.8 Å². The van der Waals surface area contributed by atoms with Crippen LogP contribution in [0.25, 0.3) is 0 Å². The quantitative estimate of drug-likeness (QED) is 0.793. The summed E-state index contributed by atoms with van der Waals surface area (Å²) < 4.78 is 5.19. The maximum absolute atomic E-state index is 11.1. The molecule has 0 atom stereocenters. The molecule has 110 valence electrons. The Bertz CT molecular complexity index is 469. The molecule has 1 saturated carbocycles. The summed E-state index contributed by atoms with van der Waals surface area (Å²) in [4.78, 5) is 13.6. The predicted molar refractivity (Wildman–Crippen MR) is 78.3 cm³/mol. The molecule has 0 aromatic heterocycles. The number of benzene rings is 1. The van der Waals surface area contributed by atoms with E-state index in [1.807, 2.05) is 12.1 Å². The first kappa shape index (κ1) is 14.9. The molecule has 0 saturated heterocycles. The molecule has 0 spiro atoms. The van der Waals surface area contributed by atoms with Gasteiger partial charge < -0.3 is 9.84 Å². The lowest BCUT2D eigenvalue weighted by Crippen LogP contribution is -2.26. The maximum Gasteiger partial charge on any atom is 0.339 e. The molecule has 1 aromatic carbocycles. The van der Waals surface area contributed by atoms with Gasteiger partial charge in [-0.25, -0.2) is 4.79 Å². The first-order chi connectivity index (χ1) is 9.65. The summed E-state index contributed by atoms with van der Waals surface area (Å²) in [7, 11) is 1.52. The van der Waals surface area contributed by atoms with Crippen LogP contribution in [-0.4, -0.2) is 35.7 Å². The Hall–Kier alpha value is -1.55. The second kappa shape index (κ2) is 6.75. The van der Waals surface area contributed by atoms with Gasteiger partial charge in [-0.3, -0.25) is 4.90 Å². The van der Waals surface area contributed by atoms with E-state index in [9.17, 15) is 4.79 Å². The molecular weight excluding hydrogens is 254 g/mol. The number of nitrogens with zero attached hydrogens (tertiary/aromatic N) is 1. The number of carbonyl (C=O) groups is 1. The molecule has 0 aliphatic heterocycles. The molecule has 1 N–H and O–H groups in total. The molecule has 0 unspecified atom stereocenters. The van der Waals surface area contributed by atoms with Crippen LogP contribution < -0.4 is 4.74 Å². The van der Waals surface area contributed by atoms with Gasteiger partial charge in [0, 0.05) is 12.6 Å². The molecule has 4 nitrogen and oxygen atoms in total. The smallest absolute Gasteiger partial charge is 0.339 e. The molecule has 0 heterocycles. The van der Waals surface area contributed by atoms with Crippen LogP contribution >= 0.6 is 0 Å². The van der Waals surface area contributed by atoms with Crippen LogP contribution in [0.1, 0.15) is 48.5 Å². The Morgan fingerprint density at radius 1 is 1.45 bits per heavy atom. The Labute approximate surface area is 120 Å². The van der Waals surface area contributed by atoms with E-state index in [0.29, 0.717) is 11.8 Å². The summed E-state index contributed by atoms with van der Waals surface area (Å²) in [6, 6.07) is 6.10. The third kappa shape index (κ3) is 3.73. The van der Waals surface area contributed by atoms with Crippen LogP contribution in [0.5, 0.6) is 5.75 Å². The lowest BCUT2D eigenvalue weighted by Gasteiger charge is -2.22. The van der Waals surface area contributed by atoms with Gasteiger partial charge in [0.25, 0.3) is 0 Å². The molecule has 1 fully saturated rings. The average Bonchev–Trinajstić information content (AvgIpc) is 3.27. The molecule has 0 amide bonds. The molecule has 1 aromatic rings. The molecule has 0 radical (unpaired) electrons. The molecular formula is C16H23NO3. The van der Waals surface area contributed by atoms with Crippen molar-refractivity contribution >= 4 is 5.97 Å². The maximum atomic E-state index is 11.1. The number of rotatable bonds is 8. The summed E-state index contributed by atoms with van der Waals surface area (Å²) in [5.74, 6) is -0.500. The fourth-order valence-corrected chi connectivity index (χ4v) is 2.44. The first-order valence-corrected chi connectivity index (χ1v) is 7.30. The fourth-order valence-electron chi connectivity index (χ4n) is 2.44. The predicted octanol–water partition coefficient (Wildman–Crippen LogP) is 3.16. The monoisotopic (exact) mass is 277 g/mol. The van der Waals surface area contributed by atoms with E-state index in [4.69, 9.17) is 9.84 Å². The summed E-state index contributed by atoms with van der Waals surface area (Å²) in [5.41, 5.74) is 1.35. The van der Waals surface area contributed by atoms with Gasteiger partial charge in [0.2, 0.25) is 0 Å². The SMILES string of the molecule is CCCCN(Cc1ccc(C(=O)O)c(OC)c1)C1CC1. The zero-order valence-electron chi connectivity index (χ0n) is 12.3. The summed E-state index contributed by atoms with van der Waals surface area (Å²) in [5, 5.41) is 9.09. The largest absolute Gasteiger partial charge is 0.496 e. The van der Waals surface area contributed by atoms with Gasteiger partial charge in [0.05, 0.1) is 7.11 Å². The molecule has 2 rings (SSSR count). The van der Waals surface area contributed by atoms with Crippen molar-refractivity contribution in [2.45, 2.75) is 45.2 Å². The van der Waals surface area contributed by atoms with Gasteiger partial charge in [0.15, 0.2) is 0 Å². The third-order valence-corrected chi connectivity index (χ3v) is 3.74. The Balaban J connectivity index is 2.09. The summed E-state index contributed by atoms with van der Waals surface area (Å²) in [6.07, 6.45) is 4.98. The van der Waals surface area contributed by atoms with Crippen LogP contribution in [0.15, 0.2) is 18.2 Å². The van der Waals surface area contributed by atoms with Crippen LogP contribution in [0.3, 0.4) is 0 Å². The van der Waals surface area contributed by atoms with Crippen molar-refractivity contribution in [1.82, 2.24) is 4.90 Å². The van der Waals surface area contributed by atoms with Crippen LogP contribution in [0, 0.1) is 0 Å². The van der Waals surface area contributed by atoms with Crippen molar-refractivity contribution in [1.29, 1.82) is 0 Å². The van der Waals surface area contributed by atoms with E-state index >= 15 is 0 Å². The van der Waals surface area contributed by atoms with Crippen LogP contribution in [0.4, 0.5) is 0 Å². The number of carboxylic acid groups (broad SMARTS) is 1. The number of methoxy groups -OCH3 is 1. The minimum atomic E-state index is -0.946. The van der Waals surface area contributed by atoms with Crippen molar-refractivity contribution in [2.75, 3.05) is 13.7 Å². The van der Waals surface area contributed by atoms with Gasteiger partial charge in [-0.15, -0.1) is 0 Å².